The molecule has 5 nitrogen and oxygen atoms in total. The topological polar surface area (TPSA) is 69.6 Å². The number of carboxylic acid groups (broad SMARTS) is 1. The molecule has 1 aromatic rings. The van der Waals surface area contributed by atoms with E-state index >= 15 is 0 Å². The highest BCUT2D eigenvalue weighted by Gasteiger charge is 2.14. The number of hydrogen-bond donors (Lipinski definition) is 2. The normalized spacial score (nSPS) is 15.2. The number of anilines is 1. The molecule has 20 heavy (non-hydrogen) atoms. The fourth-order valence-corrected chi connectivity index (χ4v) is 2.48. The van der Waals surface area contributed by atoms with Crippen LogP contribution in [0.4, 0.5) is 5.69 Å². The van der Waals surface area contributed by atoms with Crippen LogP contribution in [0.1, 0.15) is 35.2 Å². The number of nitrogens with zero attached hydrogens (tertiary/aromatic N) is 1. The minimum atomic E-state index is -0.976. The largest absolute Gasteiger partial charge is 0.478 e. The molecule has 2 N–H and O–H groups in total. The first-order chi connectivity index (χ1) is 9.58. The Bertz CT molecular complexity index is 508. The number of carbonyl (C=O) groups is 2. The Balaban J connectivity index is 1.93. The van der Waals surface area contributed by atoms with E-state index in [1.54, 1.807) is 19.1 Å². The molecule has 0 aromatic heterocycles. The van der Waals surface area contributed by atoms with E-state index < -0.39 is 5.97 Å². The van der Waals surface area contributed by atoms with Crippen molar-refractivity contribution in [2.75, 3.05) is 25.0 Å². The lowest BCUT2D eigenvalue weighted by Crippen LogP contribution is -2.25. The summed E-state index contributed by atoms with van der Waals surface area (Å²) >= 11 is 0. The van der Waals surface area contributed by atoms with Gasteiger partial charge in [0.1, 0.15) is 0 Å². The summed E-state index contributed by atoms with van der Waals surface area (Å²) in [5.74, 6) is -1.04. The molecule has 1 amide bonds. The van der Waals surface area contributed by atoms with Crippen LogP contribution >= 0.6 is 0 Å². The molecule has 1 aromatic carbocycles. The zero-order valence-electron chi connectivity index (χ0n) is 11.7. The standard InChI is InChI=1S/C15H20N2O3/c1-11-12(15(19)20)5-4-6-13(11)16-14(18)7-10-17-8-2-3-9-17/h4-6H,2-3,7-10H2,1H3,(H,16,18)(H,19,20). The molecule has 0 unspecified atom stereocenters. The average molecular weight is 276 g/mol. The van der Waals surface area contributed by atoms with Gasteiger partial charge < -0.3 is 15.3 Å². The van der Waals surface area contributed by atoms with Gasteiger partial charge in [-0.1, -0.05) is 6.07 Å². The Morgan fingerprint density at radius 2 is 2.00 bits per heavy atom. The number of nitrogens with one attached hydrogen (secondary N) is 1. The first kappa shape index (κ1) is 14.5. The van der Waals surface area contributed by atoms with Crippen molar-refractivity contribution in [3.8, 4) is 0 Å². The van der Waals surface area contributed by atoms with Gasteiger partial charge in [0, 0.05) is 18.7 Å². The molecule has 108 valence electrons. The number of likely N-dealkylation sites (tertiary alicyclic amines) is 1. The summed E-state index contributed by atoms with van der Waals surface area (Å²) in [7, 11) is 0. The van der Waals surface area contributed by atoms with Crippen LogP contribution in [-0.4, -0.2) is 41.5 Å². The monoisotopic (exact) mass is 276 g/mol. The highest BCUT2D eigenvalue weighted by molar-refractivity contribution is 5.96. The van der Waals surface area contributed by atoms with Crippen molar-refractivity contribution in [1.82, 2.24) is 4.90 Å². The summed E-state index contributed by atoms with van der Waals surface area (Å²) in [6.07, 6.45) is 2.86. The van der Waals surface area contributed by atoms with Crippen LogP contribution in [0.3, 0.4) is 0 Å². The molecular weight excluding hydrogens is 256 g/mol. The van der Waals surface area contributed by atoms with Gasteiger partial charge in [-0.05, 0) is 50.6 Å². The van der Waals surface area contributed by atoms with Gasteiger partial charge in [-0.3, -0.25) is 4.79 Å². The molecule has 1 heterocycles. The van der Waals surface area contributed by atoms with E-state index in [2.05, 4.69) is 10.2 Å². The summed E-state index contributed by atoms with van der Waals surface area (Å²) in [5.41, 5.74) is 1.40. The summed E-state index contributed by atoms with van der Waals surface area (Å²) < 4.78 is 0. The molecule has 1 saturated heterocycles. The fourth-order valence-electron chi connectivity index (χ4n) is 2.48. The van der Waals surface area contributed by atoms with E-state index in [-0.39, 0.29) is 11.5 Å². The van der Waals surface area contributed by atoms with Crippen LogP contribution in [0, 0.1) is 6.92 Å². The zero-order valence-corrected chi connectivity index (χ0v) is 11.7. The van der Waals surface area contributed by atoms with Crippen molar-refractivity contribution in [3.05, 3.63) is 29.3 Å². The van der Waals surface area contributed by atoms with E-state index in [1.165, 1.54) is 18.9 Å². The Labute approximate surface area is 118 Å². The lowest BCUT2D eigenvalue weighted by atomic mass is 10.1. The van der Waals surface area contributed by atoms with Gasteiger partial charge in [0.15, 0.2) is 0 Å². The molecule has 0 atom stereocenters. The number of aromatic carboxylic acids is 1. The molecule has 0 bridgehead atoms. The number of hydrogen-bond acceptors (Lipinski definition) is 3. The molecule has 0 saturated carbocycles. The SMILES string of the molecule is Cc1c(NC(=O)CCN2CCCC2)cccc1C(=O)O. The number of carboxylic acids is 1. The maximum atomic E-state index is 11.9. The smallest absolute Gasteiger partial charge is 0.336 e. The van der Waals surface area contributed by atoms with Crippen molar-refractivity contribution >= 4 is 17.6 Å². The van der Waals surface area contributed by atoms with Crippen LogP contribution in [-0.2, 0) is 4.79 Å². The molecule has 5 heteroatoms. The average Bonchev–Trinajstić information content (AvgIpc) is 2.91. The van der Waals surface area contributed by atoms with Gasteiger partial charge in [-0.2, -0.15) is 0 Å². The van der Waals surface area contributed by atoms with E-state index in [9.17, 15) is 9.59 Å². The minimum absolute atomic E-state index is 0.0671. The molecule has 1 fully saturated rings. The second kappa shape index (κ2) is 6.52. The first-order valence-electron chi connectivity index (χ1n) is 6.93. The summed E-state index contributed by atoms with van der Waals surface area (Å²) in [6.45, 7) is 4.62. The third-order valence-corrected chi connectivity index (χ3v) is 3.69. The molecular formula is C15H20N2O3. The Morgan fingerprint density at radius 3 is 2.65 bits per heavy atom. The number of rotatable bonds is 5. The highest BCUT2D eigenvalue weighted by Crippen LogP contribution is 2.19. The quantitative estimate of drug-likeness (QED) is 0.864. The van der Waals surface area contributed by atoms with Crippen molar-refractivity contribution < 1.29 is 14.7 Å². The van der Waals surface area contributed by atoms with Crippen LogP contribution in [0.25, 0.3) is 0 Å². The lowest BCUT2D eigenvalue weighted by Gasteiger charge is -2.15. The zero-order chi connectivity index (χ0) is 14.5. The van der Waals surface area contributed by atoms with Crippen LogP contribution < -0.4 is 5.32 Å². The van der Waals surface area contributed by atoms with Crippen molar-refractivity contribution in [1.29, 1.82) is 0 Å². The predicted molar refractivity (Wildman–Crippen MR) is 77.1 cm³/mol. The molecule has 0 spiro atoms. The fraction of sp³-hybridized carbons (Fsp3) is 0.467. The molecule has 1 aliphatic rings. The highest BCUT2D eigenvalue weighted by atomic mass is 16.4. The van der Waals surface area contributed by atoms with Crippen LogP contribution in [0.15, 0.2) is 18.2 Å². The third-order valence-electron chi connectivity index (χ3n) is 3.69. The Kier molecular flexibility index (Phi) is 4.74. The second-order valence-corrected chi connectivity index (χ2v) is 5.13. The van der Waals surface area contributed by atoms with E-state index in [0.717, 1.165) is 19.6 Å². The van der Waals surface area contributed by atoms with Crippen LogP contribution in [0.2, 0.25) is 0 Å². The van der Waals surface area contributed by atoms with E-state index in [4.69, 9.17) is 5.11 Å². The van der Waals surface area contributed by atoms with Crippen LogP contribution in [0.5, 0.6) is 0 Å². The Hall–Kier alpha value is -1.88. The number of carbonyl (C=O) groups excluding carboxylic acids is 1. The van der Waals surface area contributed by atoms with Gasteiger partial charge in [-0.15, -0.1) is 0 Å². The third kappa shape index (κ3) is 3.57. The Morgan fingerprint density at radius 1 is 1.30 bits per heavy atom. The lowest BCUT2D eigenvalue weighted by molar-refractivity contribution is -0.116. The van der Waals surface area contributed by atoms with Gasteiger partial charge in [0.05, 0.1) is 5.56 Å². The van der Waals surface area contributed by atoms with Crippen molar-refractivity contribution in [2.24, 2.45) is 0 Å². The second-order valence-electron chi connectivity index (χ2n) is 5.13. The van der Waals surface area contributed by atoms with Gasteiger partial charge in [0.2, 0.25) is 5.91 Å². The first-order valence-corrected chi connectivity index (χ1v) is 6.93. The minimum Gasteiger partial charge on any atom is -0.478 e. The molecule has 1 aliphatic heterocycles. The van der Waals surface area contributed by atoms with Gasteiger partial charge in [0.25, 0.3) is 0 Å². The maximum absolute atomic E-state index is 11.9. The van der Waals surface area contributed by atoms with Gasteiger partial charge in [-0.25, -0.2) is 4.79 Å². The molecule has 0 aliphatic carbocycles. The van der Waals surface area contributed by atoms with Gasteiger partial charge >= 0.3 is 5.97 Å². The summed E-state index contributed by atoms with van der Waals surface area (Å²) in [4.78, 5) is 25.2. The van der Waals surface area contributed by atoms with E-state index in [1.807, 2.05) is 0 Å². The molecule has 2 rings (SSSR count). The predicted octanol–water partition coefficient (Wildman–Crippen LogP) is 2.12. The molecule has 0 radical (unpaired) electrons. The van der Waals surface area contributed by atoms with Crippen molar-refractivity contribution in [2.45, 2.75) is 26.2 Å². The van der Waals surface area contributed by atoms with Crippen molar-refractivity contribution in [3.63, 3.8) is 0 Å². The van der Waals surface area contributed by atoms with E-state index in [0.29, 0.717) is 17.7 Å². The number of benzene rings is 1. The summed E-state index contributed by atoms with van der Waals surface area (Å²) in [6, 6.07) is 4.92. The summed E-state index contributed by atoms with van der Waals surface area (Å²) in [5, 5.41) is 11.9. The number of amides is 1. The maximum Gasteiger partial charge on any atom is 0.336 e.